The highest BCUT2D eigenvalue weighted by Gasteiger charge is 2.46. The number of likely N-dealkylation sites (tertiary alicyclic amines) is 1. The molecule has 2 atom stereocenters. The Morgan fingerprint density at radius 1 is 1.17 bits per heavy atom. The van der Waals surface area contributed by atoms with E-state index in [0.29, 0.717) is 24.6 Å². The Morgan fingerprint density at radius 3 is 2.38 bits per heavy atom. The number of aliphatic carboxylic acids is 1. The lowest BCUT2D eigenvalue weighted by Gasteiger charge is -2.16. The lowest BCUT2D eigenvalue weighted by molar-refractivity contribution is -0.142. The Morgan fingerprint density at radius 2 is 1.83 bits per heavy atom. The number of nitrogens with one attached hydrogen (secondary N) is 1. The number of carboxylic acid groups (broad SMARTS) is 1. The van der Waals surface area contributed by atoms with Gasteiger partial charge in [0, 0.05) is 25.2 Å². The second kappa shape index (κ2) is 6.51. The number of rotatable bonds is 5. The zero-order valence-electron chi connectivity index (χ0n) is 13.3. The normalized spacial score (nSPS) is 23.1. The number of primary amides is 1. The van der Waals surface area contributed by atoms with Crippen LogP contribution < -0.4 is 11.1 Å². The highest BCUT2D eigenvalue weighted by Crippen LogP contribution is 2.44. The summed E-state index contributed by atoms with van der Waals surface area (Å²) in [6.45, 7) is 1.10. The Bertz CT molecular complexity index is 654. The van der Waals surface area contributed by atoms with Gasteiger partial charge in [-0.1, -0.05) is 12.1 Å². The zero-order chi connectivity index (χ0) is 17.3. The molecule has 4 N–H and O–H groups in total. The van der Waals surface area contributed by atoms with E-state index in [0.717, 1.165) is 18.4 Å². The highest BCUT2D eigenvalue weighted by molar-refractivity contribution is 5.95. The van der Waals surface area contributed by atoms with Gasteiger partial charge in [-0.2, -0.15) is 0 Å². The minimum Gasteiger partial charge on any atom is -0.481 e. The lowest BCUT2D eigenvalue weighted by atomic mass is 9.92. The van der Waals surface area contributed by atoms with Crippen molar-refractivity contribution in [3.8, 4) is 0 Å². The maximum Gasteiger partial charge on any atom is 0.312 e. The third-order valence-electron chi connectivity index (χ3n) is 4.86. The van der Waals surface area contributed by atoms with Crippen molar-refractivity contribution in [1.82, 2.24) is 10.2 Å². The molecular weight excluding hydrogens is 310 g/mol. The molecule has 0 radical (unpaired) electrons. The minimum absolute atomic E-state index is 0.0745. The largest absolute Gasteiger partial charge is 0.481 e. The van der Waals surface area contributed by atoms with Gasteiger partial charge in [-0.25, -0.2) is 4.79 Å². The summed E-state index contributed by atoms with van der Waals surface area (Å²) in [4.78, 5) is 36.4. The van der Waals surface area contributed by atoms with E-state index in [2.05, 4.69) is 5.32 Å². The molecule has 24 heavy (non-hydrogen) atoms. The summed E-state index contributed by atoms with van der Waals surface area (Å²) in [5.41, 5.74) is 6.39. The summed E-state index contributed by atoms with van der Waals surface area (Å²) < 4.78 is 0. The van der Waals surface area contributed by atoms with Crippen LogP contribution in [0.25, 0.3) is 0 Å². The molecule has 1 aromatic carbocycles. The summed E-state index contributed by atoms with van der Waals surface area (Å²) in [5, 5.41) is 11.9. The molecule has 1 heterocycles. The van der Waals surface area contributed by atoms with Crippen molar-refractivity contribution in [2.75, 3.05) is 13.1 Å². The van der Waals surface area contributed by atoms with Crippen molar-refractivity contribution in [2.24, 2.45) is 23.5 Å². The van der Waals surface area contributed by atoms with Crippen LogP contribution in [0.15, 0.2) is 24.3 Å². The van der Waals surface area contributed by atoms with Crippen molar-refractivity contribution in [3.05, 3.63) is 35.4 Å². The standard InChI is InChI=1S/C17H21N3O4/c18-17(24)19-7-10-1-3-12(4-2-10)15(21)20-8-13(11-5-6-11)14(9-20)16(22)23/h1-4,11,13-14H,5-9H2,(H,22,23)(H3,18,19,24)/t13-,14+/m1/s1. The lowest BCUT2D eigenvalue weighted by Crippen LogP contribution is -2.30. The first-order chi connectivity index (χ1) is 11.5. The van der Waals surface area contributed by atoms with Crippen molar-refractivity contribution < 1.29 is 19.5 Å². The van der Waals surface area contributed by atoms with E-state index in [1.54, 1.807) is 29.2 Å². The van der Waals surface area contributed by atoms with Crippen molar-refractivity contribution in [1.29, 1.82) is 0 Å². The van der Waals surface area contributed by atoms with Crippen LogP contribution in [0, 0.1) is 17.8 Å². The highest BCUT2D eigenvalue weighted by atomic mass is 16.4. The number of nitrogens with two attached hydrogens (primary N) is 1. The molecule has 2 fully saturated rings. The van der Waals surface area contributed by atoms with E-state index in [4.69, 9.17) is 5.73 Å². The second-order valence-corrected chi connectivity index (χ2v) is 6.57. The predicted molar refractivity (Wildman–Crippen MR) is 86.1 cm³/mol. The number of amides is 3. The van der Waals surface area contributed by atoms with E-state index in [1.807, 2.05) is 0 Å². The van der Waals surface area contributed by atoms with Crippen LogP contribution >= 0.6 is 0 Å². The average Bonchev–Trinajstić information content (AvgIpc) is 3.30. The number of carbonyl (C=O) groups is 3. The van der Waals surface area contributed by atoms with Crippen LogP contribution in [0.4, 0.5) is 4.79 Å². The molecule has 3 rings (SSSR count). The summed E-state index contributed by atoms with van der Waals surface area (Å²) >= 11 is 0. The van der Waals surface area contributed by atoms with Crippen molar-refractivity contribution in [2.45, 2.75) is 19.4 Å². The molecule has 128 valence electrons. The third kappa shape index (κ3) is 3.50. The van der Waals surface area contributed by atoms with Gasteiger partial charge >= 0.3 is 12.0 Å². The van der Waals surface area contributed by atoms with Crippen LogP contribution in [-0.4, -0.2) is 41.0 Å². The SMILES string of the molecule is NC(=O)NCc1ccc(C(=O)N2C[C@H](C(=O)O)[C@@H](C3CC3)C2)cc1. The molecule has 0 unspecified atom stereocenters. The molecule has 0 bridgehead atoms. The van der Waals surface area contributed by atoms with Crippen LogP contribution in [-0.2, 0) is 11.3 Å². The van der Waals surface area contributed by atoms with Gasteiger partial charge in [0.1, 0.15) is 0 Å². The van der Waals surface area contributed by atoms with Crippen molar-refractivity contribution in [3.63, 3.8) is 0 Å². The van der Waals surface area contributed by atoms with Crippen LogP contribution in [0.3, 0.4) is 0 Å². The molecule has 7 nitrogen and oxygen atoms in total. The van der Waals surface area contributed by atoms with Gasteiger partial charge in [0.2, 0.25) is 0 Å². The molecule has 1 aliphatic heterocycles. The average molecular weight is 331 g/mol. The summed E-state index contributed by atoms with van der Waals surface area (Å²) in [7, 11) is 0. The smallest absolute Gasteiger partial charge is 0.312 e. The third-order valence-corrected chi connectivity index (χ3v) is 4.86. The van der Waals surface area contributed by atoms with Gasteiger partial charge in [0.05, 0.1) is 5.92 Å². The number of carboxylic acids is 1. The minimum atomic E-state index is -0.810. The summed E-state index contributed by atoms with van der Waals surface area (Å²) in [6, 6.07) is 6.30. The van der Waals surface area contributed by atoms with Crippen LogP contribution in [0.1, 0.15) is 28.8 Å². The fraction of sp³-hybridized carbons (Fsp3) is 0.471. The quantitative estimate of drug-likeness (QED) is 0.748. The van der Waals surface area contributed by atoms with E-state index >= 15 is 0 Å². The Labute approximate surface area is 139 Å². The number of hydrogen-bond acceptors (Lipinski definition) is 3. The molecule has 1 saturated heterocycles. The monoisotopic (exact) mass is 331 g/mol. The first-order valence-electron chi connectivity index (χ1n) is 8.10. The van der Waals surface area contributed by atoms with Gasteiger partial charge in [-0.3, -0.25) is 9.59 Å². The van der Waals surface area contributed by atoms with Gasteiger partial charge in [0.25, 0.3) is 5.91 Å². The van der Waals surface area contributed by atoms with Crippen molar-refractivity contribution >= 4 is 17.9 Å². The van der Waals surface area contributed by atoms with E-state index in [-0.39, 0.29) is 18.4 Å². The Balaban J connectivity index is 1.65. The summed E-state index contributed by atoms with van der Waals surface area (Å²) in [5.74, 6) is -0.883. The fourth-order valence-electron chi connectivity index (χ4n) is 3.40. The van der Waals surface area contributed by atoms with Crippen LogP contribution in [0.2, 0.25) is 0 Å². The number of benzene rings is 1. The second-order valence-electron chi connectivity index (χ2n) is 6.57. The number of hydrogen-bond donors (Lipinski definition) is 3. The maximum absolute atomic E-state index is 12.6. The van der Waals surface area contributed by atoms with E-state index in [1.165, 1.54) is 0 Å². The number of carbonyl (C=O) groups excluding carboxylic acids is 2. The molecule has 1 saturated carbocycles. The van der Waals surface area contributed by atoms with Gasteiger partial charge in [-0.05, 0) is 42.4 Å². The molecule has 1 aromatic rings. The maximum atomic E-state index is 12.6. The molecule has 3 amide bonds. The molecule has 2 aliphatic rings. The molecular formula is C17H21N3O4. The topological polar surface area (TPSA) is 113 Å². The summed E-state index contributed by atoms with van der Waals surface area (Å²) in [6.07, 6.45) is 2.13. The number of nitrogens with zero attached hydrogens (tertiary/aromatic N) is 1. The van der Waals surface area contributed by atoms with Gasteiger partial charge in [0.15, 0.2) is 0 Å². The fourth-order valence-corrected chi connectivity index (χ4v) is 3.40. The van der Waals surface area contributed by atoms with Gasteiger partial charge < -0.3 is 21.1 Å². The zero-order valence-corrected chi connectivity index (χ0v) is 13.3. The van der Waals surface area contributed by atoms with Crippen LogP contribution in [0.5, 0.6) is 0 Å². The Kier molecular flexibility index (Phi) is 4.42. The molecule has 0 spiro atoms. The molecule has 1 aliphatic carbocycles. The number of urea groups is 1. The van der Waals surface area contributed by atoms with E-state index in [9.17, 15) is 19.5 Å². The predicted octanol–water partition coefficient (Wildman–Crippen LogP) is 1.04. The first-order valence-corrected chi connectivity index (χ1v) is 8.10. The molecule has 0 aromatic heterocycles. The van der Waals surface area contributed by atoms with Gasteiger partial charge in [-0.15, -0.1) is 0 Å². The molecule has 7 heteroatoms. The first kappa shape index (κ1) is 16.3. The Hall–Kier alpha value is -2.57. The van der Waals surface area contributed by atoms with E-state index < -0.39 is 17.9 Å².